The third kappa shape index (κ3) is 3.15. The summed E-state index contributed by atoms with van der Waals surface area (Å²) in [6.45, 7) is 0. The zero-order valence-electron chi connectivity index (χ0n) is 7.21. The molecule has 0 heterocycles. The molecule has 0 aliphatic rings. The Morgan fingerprint density at radius 3 is 2.71 bits per heavy atom. The Kier molecular flexibility index (Phi) is 5.47. The van der Waals surface area contributed by atoms with Gasteiger partial charge in [0.15, 0.2) is 0 Å². The fourth-order valence-corrected chi connectivity index (χ4v) is 1.15. The lowest BCUT2D eigenvalue weighted by molar-refractivity contribution is 0.625. The average Bonchev–Trinajstić information content (AvgIpc) is 2.10. The van der Waals surface area contributed by atoms with Gasteiger partial charge in [-0.05, 0) is 17.7 Å². The molecular weight excluding hydrogens is 226 g/mol. The van der Waals surface area contributed by atoms with E-state index in [-0.39, 0.29) is 23.9 Å². The number of rotatable bonds is 2. The van der Waals surface area contributed by atoms with Gasteiger partial charge in [0.25, 0.3) is 0 Å². The molecule has 2 nitrogen and oxygen atoms in total. The normalized spacial score (nSPS) is 11.3. The quantitative estimate of drug-likeness (QED) is 0.856. The maximum absolute atomic E-state index is 12.7. The summed E-state index contributed by atoms with van der Waals surface area (Å²) in [5, 5.41) is 8.42. The Labute approximate surface area is 92.9 Å². The van der Waals surface area contributed by atoms with Gasteiger partial charge < -0.3 is 5.73 Å². The first kappa shape index (κ1) is 13.2. The summed E-state index contributed by atoms with van der Waals surface area (Å²) in [7, 11) is 0. The van der Waals surface area contributed by atoms with Crippen LogP contribution in [0.15, 0.2) is 18.2 Å². The Morgan fingerprint density at radius 1 is 1.57 bits per heavy atom. The van der Waals surface area contributed by atoms with Crippen molar-refractivity contribution >= 4 is 24.0 Å². The van der Waals surface area contributed by atoms with Crippen LogP contribution in [0, 0.1) is 17.1 Å². The number of hydrogen-bond acceptors (Lipinski definition) is 2. The highest BCUT2D eigenvalue weighted by atomic mass is 35.5. The van der Waals surface area contributed by atoms with Gasteiger partial charge in [0.1, 0.15) is 5.82 Å². The van der Waals surface area contributed by atoms with Crippen LogP contribution in [0.3, 0.4) is 0 Å². The lowest BCUT2D eigenvalue weighted by Gasteiger charge is -2.07. The molecule has 14 heavy (non-hydrogen) atoms. The van der Waals surface area contributed by atoms with Crippen molar-refractivity contribution in [2.24, 2.45) is 5.73 Å². The highest BCUT2D eigenvalue weighted by Gasteiger charge is 2.07. The molecule has 0 bridgehead atoms. The molecule has 0 saturated carbocycles. The van der Waals surface area contributed by atoms with Crippen molar-refractivity contribution in [2.45, 2.75) is 12.5 Å². The Morgan fingerprint density at radius 2 is 2.21 bits per heavy atom. The summed E-state index contributed by atoms with van der Waals surface area (Å²) < 4.78 is 12.7. The summed E-state index contributed by atoms with van der Waals surface area (Å²) in [5.74, 6) is -0.477. The second-order valence-electron chi connectivity index (χ2n) is 2.64. The van der Waals surface area contributed by atoms with Crippen LogP contribution in [0.2, 0.25) is 5.02 Å². The van der Waals surface area contributed by atoms with Gasteiger partial charge in [-0.2, -0.15) is 5.26 Å². The van der Waals surface area contributed by atoms with E-state index >= 15 is 0 Å². The topological polar surface area (TPSA) is 49.8 Å². The van der Waals surface area contributed by atoms with Gasteiger partial charge in [-0.25, -0.2) is 4.39 Å². The maximum Gasteiger partial charge on any atom is 0.141 e. The Bertz CT molecular complexity index is 349. The summed E-state index contributed by atoms with van der Waals surface area (Å²) >= 11 is 5.54. The summed E-state index contributed by atoms with van der Waals surface area (Å²) in [6, 6.07) is 5.76. The molecule has 1 aromatic carbocycles. The van der Waals surface area contributed by atoms with Crippen molar-refractivity contribution in [2.75, 3.05) is 0 Å². The summed E-state index contributed by atoms with van der Waals surface area (Å²) in [5.41, 5.74) is 6.29. The van der Waals surface area contributed by atoms with Crippen LogP contribution in [0.4, 0.5) is 4.39 Å². The van der Waals surface area contributed by atoms with E-state index in [9.17, 15) is 4.39 Å². The number of benzene rings is 1. The first-order valence-corrected chi connectivity index (χ1v) is 4.10. The molecule has 0 spiro atoms. The monoisotopic (exact) mass is 234 g/mol. The molecule has 2 N–H and O–H groups in total. The molecular formula is C9H9Cl2FN2. The van der Waals surface area contributed by atoms with Crippen molar-refractivity contribution in [1.82, 2.24) is 0 Å². The van der Waals surface area contributed by atoms with Gasteiger partial charge >= 0.3 is 0 Å². The standard InChI is InChI=1S/C9H8ClFN2.ClH/c10-7-5-6(1-2-8(7)11)9(13)3-4-12;/h1-2,5,9H,3,13H2;1H/t9-;/m0./s1. The van der Waals surface area contributed by atoms with Crippen molar-refractivity contribution in [1.29, 1.82) is 5.26 Å². The van der Waals surface area contributed by atoms with Crippen LogP contribution in [0.25, 0.3) is 0 Å². The van der Waals surface area contributed by atoms with Gasteiger partial charge in [-0.3, -0.25) is 0 Å². The second-order valence-corrected chi connectivity index (χ2v) is 3.05. The van der Waals surface area contributed by atoms with Crippen molar-refractivity contribution < 1.29 is 4.39 Å². The van der Waals surface area contributed by atoms with E-state index in [1.54, 1.807) is 0 Å². The fraction of sp³-hybridized carbons (Fsp3) is 0.222. The molecule has 0 radical (unpaired) electrons. The van der Waals surface area contributed by atoms with Crippen molar-refractivity contribution in [3.63, 3.8) is 0 Å². The molecule has 0 aliphatic heterocycles. The van der Waals surface area contributed by atoms with Gasteiger partial charge in [-0.15, -0.1) is 12.4 Å². The molecule has 5 heteroatoms. The van der Waals surface area contributed by atoms with Crippen molar-refractivity contribution in [3.8, 4) is 6.07 Å². The van der Waals surface area contributed by atoms with E-state index in [1.165, 1.54) is 18.2 Å². The van der Waals surface area contributed by atoms with Crippen LogP contribution < -0.4 is 5.73 Å². The van der Waals surface area contributed by atoms with Crippen LogP contribution in [0.5, 0.6) is 0 Å². The van der Waals surface area contributed by atoms with E-state index in [0.717, 1.165) is 0 Å². The Hall–Kier alpha value is -0.820. The number of halogens is 3. The van der Waals surface area contributed by atoms with Gasteiger partial charge in [0, 0.05) is 6.04 Å². The first-order valence-electron chi connectivity index (χ1n) is 3.72. The molecule has 0 amide bonds. The number of nitrogens with two attached hydrogens (primary N) is 1. The third-order valence-corrected chi connectivity index (χ3v) is 1.97. The first-order chi connectivity index (χ1) is 6.15. The average molecular weight is 235 g/mol. The Balaban J connectivity index is 0.00000169. The van der Waals surface area contributed by atoms with Crippen LogP contribution in [0.1, 0.15) is 18.0 Å². The van der Waals surface area contributed by atoms with Gasteiger partial charge in [0.2, 0.25) is 0 Å². The molecule has 0 unspecified atom stereocenters. The predicted octanol–water partition coefficient (Wildman–Crippen LogP) is 2.81. The molecule has 1 aromatic rings. The smallest absolute Gasteiger partial charge is 0.141 e. The molecule has 0 fully saturated rings. The number of hydrogen-bond donors (Lipinski definition) is 1. The maximum atomic E-state index is 12.7. The highest BCUT2D eigenvalue weighted by molar-refractivity contribution is 6.30. The van der Waals surface area contributed by atoms with E-state index in [1.807, 2.05) is 6.07 Å². The molecule has 0 saturated heterocycles. The fourth-order valence-electron chi connectivity index (χ4n) is 0.959. The minimum Gasteiger partial charge on any atom is -0.323 e. The van der Waals surface area contributed by atoms with Crippen LogP contribution >= 0.6 is 24.0 Å². The molecule has 1 rings (SSSR count). The molecule has 0 aliphatic carbocycles. The van der Waals surface area contributed by atoms with E-state index in [4.69, 9.17) is 22.6 Å². The third-order valence-electron chi connectivity index (χ3n) is 1.68. The lowest BCUT2D eigenvalue weighted by atomic mass is 10.1. The SMILES string of the molecule is Cl.N#CC[C@H](N)c1ccc(F)c(Cl)c1. The van der Waals surface area contributed by atoms with E-state index in [0.29, 0.717) is 5.56 Å². The van der Waals surface area contributed by atoms with Gasteiger partial charge in [-0.1, -0.05) is 17.7 Å². The second kappa shape index (κ2) is 5.82. The predicted molar refractivity (Wildman–Crippen MR) is 55.8 cm³/mol. The minimum atomic E-state index is -0.477. The summed E-state index contributed by atoms with van der Waals surface area (Å²) in [6.07, 6.45) is 0.196. The largest absolute Gasteiger partial charge is 0.323 e. The highest BCUT2D eigenvalue weighted by Crippen LogP contribution is 2.20. The number of nitrogens with zero attached hydrogens (tertiary/aromatic N) is 1. The van der Waals surface area contributed by atoms with Gasteiger partial charge in [0.05, 0.1) is 17.5 Å². The van der Waals surface area contributed by atoms with Crippen LogP contribution in [-0.4, -0.2) is 0 Å². The lowest BCUT2D eigenvalue weighted by Crippen LogP contribution is -2.09. The molecule has 0 aromatic heterocycles. The van der Waals surface area contributed by atoms with Crippen LogP contribution in [-0.2, 0) is 0 Å². The molecule has 76 valence electrons. The number of nitriles is 1. The summed E-state index contributed by atoms with van der Waals surface area (Å²) in [4.78, 5) is 0. The minimum absolute atomic E-state index is 0. The zero-order valence-corrected chi connectivity index (χ0v) is 8.78. The van der Waals surface area contributed by atoms with E-state index in [2.05, 4.69) is 0 Å². The van der Waals surface area contributed by atoms with E-state index < -0.39 is 11.9 Å². The zero-order chi connectivity index (χ0) is 9.84. The molecule has 1 atom stereocenters. The van der Waals surface area contributed by atoms with Crippen molar-refractivity contribution in [3.05, 3.63) is 34.6 Å².